The number of hydrogen-bond acceptors (Lipinski definition) is 17. The van der Waals surface area contributed by atoms with Gasteiger partial charge in [-0.1, -0.05) is 40.9 Å². The lowest BCUT2D eigenvalue weighted by Gasteiger charge is -2.54. The van der Waals surface area contributed by atoms with Crippen LogP contribution in [0.2, 0.25) is 0 Å². The van der Waals surface area contributed by atoms with Crippen molar-refractivity contribution in [1.29, 1.82) is 0 Å². The molecule has 426 valence electrons. The molecule has 28 atom stereocenters. The van der Waals surface area contributed by atoms with Gasteiger partial charge in [0.1, 0.15) is 18.3 Å². The van der Waals surface area contributed by atoms with Gasteiger partial charge in [0.2, 0.25) is 0 Å². The predicted octanol–water partition coefficient (Wildman–Crippen LogP) is 6.82. The molecule has 76 heavy (non-hydrogen) atoms. The molecule has 2 N–H and O–H groups in total. The number of rotatable bonds is 4. The number of aliphatic hydroxyl groups excluding tert-OH is 2. The Morgan fingerprint density at radius 2 is 1.32 bits per heavy atom. The van der Waals surface area contributed by atoms with Crippen LogP contribution in [-0.2, 0) is 71.1 Å². The lowest BCUT2D eigenvalue weighted by molar-refractivity contribution is -0.371. The minimum absolute atomic E-state index is 0.00453. The molecule has 9 unspecified atom stereocenters. The number of fused-ring (bicyclic) bond motifs is 12. The molecule has 13 heterocycles. The van der Waals surface area contributed by atoms with Crippen LogP contribution in [0.5, 0.6) is 0 Å². The summed E-state index contributed by atoms with van der Waals surface area (Å²) in [7, 11) is 1.71. The van der Waals surface area contributed by atoms with E-state index in [4.69, 9.17) is 66.3 Å². The van der Waals surface area contributed by atoms with E-state index in [0.29, 0.717) is 57.3 Å². The van der Waals surface area contributed by atoms with E-state index in [2.05, 4.69) is 40.9 Å². The summed E-state index contributed by atoms with van der Waals surface area (Å²) in [6.45, 7) is 17.6. The second-order valence-electron chi connectivity index (χ2n) is 26.4. The molecule has 13 aliphatic rings. The molecule has 0 aromatic heterocycles. The van der Waals surface area contributed by atoms with Crippen molar-refractivity contribution < 1.29 is 81.3 Å². The molecule has 13 rings (SSSR count). The maximum Gasteiger partial charge on any atom is 0.308 e. The van der Waals surface area contributed by atoms with Crippen molar-refractivity contribution in [3.05, 3.63) is 24.3 Å². The van der Waals surface area contributed by atoms with Crippen LogP contribution in [0.3, 0.4) is 0 Å². The van der Waals surface area contributed by atoms with E-state index < -0.39 is 41.8 Å². The fourth-order valence-electron chi connectivity index (χ4n) is 17.1. The van der Waals surface area contributed by atoms with Gasteiger partial charge in [-0.15, -0.1) is 0 Å². The first-order valence-electron chi connectivity index (χ1n) is 29.9. The van der Waals surface area contributed by atoms with Crippen LogP contribution in [0.25, 0.3) is 0 Å². The Hall–Kier alpha value is -1.65. The summed E-state index contributed by atoms with van der Waals surface area (Å²) in [6.07, 6.45) is 7.55. The van der Waals surface area contributed by atoms with Crippen LogP contribution < -0.4 is 0 Å². The highest BCUT2D eigenvalue weighted by atomic mass is 16.7. The SMILES string of the molecule is C=C1CC2CC[C@]34CCC(O3)[C@H]3C[C@@H](O4)[C@H]4OC(CC[C@@H]4O3)CC(=O)O[C@@H]3[C@@H](C)[C@@H]4O[C@@H]5C[C@@](CC6C[C@@H](C)C[C@@]7(C[C@H](C)C8OC(CO)[C@H](O)CC8O7)O6)(OC)O[C@@H]5C[C@@H]4O[C@H]3C[C@H]3OC(CCC1O2)C[C@@H](C)C3=C. The van der Waals surface area contributed by atoms with E-state index in [1.165, 1.54) is 0 Å². The number of hydrogen-bond donors (Lipinski definition) is 2. The van der Waals surface area contributed by atoms with Crippen LogP contribution in [0, 0.1) is 23.7 Å². The molecule has 0 saturated carbocycles. The highest BCUT2D eigenvalue weighted by molar-refractivity contribution is 5.70. The van der Waals surface area contributed by atoms with E-state index >= 15 is 0 Å². The molecule has 17 nitrogen and oxygen atoms in total. The second kappa shape index (κ2) is 21.0. The summed E-state index contributed by atoms with van der Waals surface area (Å²) in [5.74, 6) is -2.45. The zero-order valence-corrected chi connectivity index (χ0v) is 45.7. The smallest absolute Gasteiger partial charge is 0.308 e. The summed E-state index contributed by atoms with van der Waals surface area (Å²) in [6, 6.07) is 0. The molecule has 2 spiro atoms. The fraction of sp³-hybridized carbons (Fsp3) is 0.915. The third-order valence-corrected chi connectivity index (χ3v) is 20.8. The summed E-state index contributed by atoms with van der Waals surface area (Å²) >= 11 is 0. The van der Waals surface area contributed by atoms with E-state index in [0.717, 1.165) is 81.8 Å². The van der Waals surface area contributed by atoms with E-state index in [9.17, 15) is 15.0 Å². The van der Waals surface area contributed by atoms with Crippen molar-refractivity contribution in [1.82, 2.24) is 0 Å². The summed E-state index contributed by atoms with van der Waals surface area (Å²) < 4.78 is 95.8. The molecule has 17 heteroatoms. The molecule has 13 aliphatic heterocycles. The maximum absolute atomic E-state index is 14.5. The van der Waals surface area contributed by atoms with Crippen molar-refractivity contribution in [3.8, 4) is 0 Å². The van der Waals surface area contributed by atoms with Gasteiger partial charge < -0.3 is 76.5 Å². The Bertz CT molecular complexity index is 2150. The number of carbonyl (C=O) groups is 1. The number of esters is 1. The molecule has 10 bridgehead atoms. The lowest BCUT2D eigenvalue weighted by atomic mass is 9.78. The van der Waals surface area contributed by atoms with Gasteiger partial charge in [0.15, 0.2) is 17.4 Å². The van der Waals surface area contributed by atoms with Crippen molar-refractivity contribution in [2.45, 2.75) is 302 Å². The third-order valence-electron chi connectivity index (χ3n) is 20.8. The predicted molar refractivity (Wildman–Crippen MR) is 270 cm³/mol. The zero-order valence-electron chi connectivity index (χ0n) is 45.7. The minimum Gasteiger partial charge on any atom is -0.459 e. The topological polar surface area (TPSA) is 187 Å². The Balaban J connectivity index is 0.727. The standard InChI is InChI=1S/C59H88O17/c1-29-16-38(72-59(24-29)25-32(4)53-48(76-59)20-39(61)51(28-60)70-53)26-58(63-7)27-50-45(74-58)23-47-54(69-50)34(6)55-46(68-47)21-43-33(5)30(2)17-35(65-43)8-10-40-31(3)18-37(64-40)12-14-57-15-13-41(73-57)44-22-49(75-57)56-42(67-44)11-9-36(66-56)19-52(62)71-55/h29-30,32,34-51,53-56,60-61H,3,5,8-28H2,1-2,4,6-7H3/t29-,30-,32+,34+,35?,36?,37?,38?,39-,40?,41?,42+,43-,44-,45-,46+,47+,48?,49-,50-,51?,53?,54+,55-,56+,57+,58+,59-/m1/s1. The van der Waals surface area contributed by atoms with Gasteiger partial charge in [0, 0.05) is 77.2 Å². The molecule has 13 saturated heterocycles. The molecule has 0 aliphatic carbocycles. The molecule has 0 radical (unpaired) electrons. The monoisotopic (exact) mass is 1070 g/mol. The maximum atomic E-state index is 14.5. The molecular weight excluding hydrogens is 981 g/mol. The van der Waals surface area contributed by atoms with Crippen molar-refractivity contribution in [3.63, 3.8) is 0 Å². The average molecular weight is 1070 g/mol. The Morgan fingerprint density at radius 3 is 2.16 bits per heavy atom. The van der Waals surface area contributed by atoms with E-state index in [1.807, 2.05) is 0 Å². The Labute approximate surface area is 449 Å². The highest BCUT2D eigenvalue weighted by Crippen LogP contribution is 2.53. The Morgan fingerprint density at radius 1 is 0.579 bits per heavy atom. The molecule has 0 aromatic rings. The highest BCUT2D eigenvalue weighted by Gasteiger charge is 2.61. The van der Waals surface area contributed by atoms with Crippen LogP contribution in [0.1, 0.15) is 156 Å². The first-order chi connectivity index (χ1) is 36.5. The summed E-state index contributed by atoms with van der Waals surface area (Å²) in [4.78, 5) is 14.5. The molecule has 0 aromatic carbocycles. The summed E-state index contributed by atoms with van der Waals surface area (Å²) in [5, 5.41) is 20.7. The number of ether oxygens (including phenoxy) is 14. The Kier molecular flexibility index (Phi) is 14.8. The second-order valence-corrected chi connectivity index (χ2v) is 26.4. The summed E-state index contributed by atoms with van der Waals surface area (Å²) in [5.41, 5.74) is 2.18. The fourth-order valence-corrected chi connectivity index (χ4v) is 17.1. The van der Waals surface area contributed by atoms with Crippen LogP contribution in [-0.4, -0.2) is 175 Å². The molecular formula is C59H88O17. The van der Waals surface area contributed by atoms with Gasteiger partial charge in [0.05, 0.1) is 123 Å². The van der Waals surface area contributed by atoms with Crippen molar-refractivity contribution in [2.75, 3.05) is 13.7 Å². The van der Waals surface area contributed by atoms with Gasteiger partial charge in [0.25, 0.3) is 0 Å². The first-order valence-corrected chi connectivity index (χ1v) is 29.9. The van der Waals surface area contributed by atoms with Gasteiger partial charge in [-0.2, -0.15) is 0 Å². The van der Waals surface area contributed by atoms with Crippen LogP contribution in [0.4, 0.5) is 0 Å². The van der Waals surface area contributed by atoms with Gasteiger partial charge in [-0.25, -0.2) is 0 Å². The van der Waals surface area contributed by atoms with Gasteiger partial charge >= 0.3 is 5.97 Å². The van der Waals surface area contributed by atoms with Gasteiger partial charge in [-0.3, -0.25) is 4.79 Å². The van der Waals surface area contributed by atoms with Crippen molar-refractivity contribution >= 4 is 5.97 Å². The molecule has 0 amide bonds. The first kappa shape index (κ1) is 53.6. The van der Waals surface area contributed by atoms with Crippen molar-refractivity contribution in [2.24, 2.45) is 23.7 Å². The quantitative estimate of drug-likeness (QED) is 0.220. The number of aliphatic hydroxyl groups is 2. The number of carbonyl (C=O) groups excluding carboxylic acids is 1. The minimum atomic E-state index is -0.979. The lowest BCUT2D eigenvalue weighted by Crippen LogP contribution is -2.62. The molecule has 13 fully saturated rings. The largest absolute Gasteiger partial charge is 0.459 e. The number of methoxy groups -OCH3 is 1. The van der Waals surface area contributed by atoms with E-state index in [-0.39, 0.29) is 141 Å². The normalized spacial score (nSPS) is 55.4. The van der Waals surface area contributed by atoms with Crippen LogP contribution in [0.15, 0.2) is 24.3 Å². The average Bonchev–Trinajstić information content (AvgIpc) is 4.18. The zero-order chi connectivity index (χ0) is 52.4. The van der Waals surface area contributed by atoms with Gasteiger partial charge in [-0.05, 0) is 86.7 Å². The third kappa shape index (κ3) is 10.2. The van der Waals surface area contributed by atoms with E-state index in [1.54, 1.807) is 7.11 Å². The van der Waals surface area contributed by atoms with Crippen LogP contribution >= 0.6 is 0 Å².